The normalized spacial score (nSPS) is 9.15. The van der Waals surface area contributed by atoms with Gasteiger partial charge in [0.25, 0.3) is 0 Å². The van der Waals surface area contributed by atoms with E-state index in [4.69, 9.17) is 10.2 Å². The Labute approximate surface area is 126 Å². The molecule has 1 amide bonds. The number of carboxylic acids is 2. The standard InChI is InChI=1S/C9H16BrNO2.C3H4O4/c1-3-11(4-2)9(13)6-5-8(12)7-10;4-2(5)1-3(6)7/h3-7H2,1-2H3;1H2,(H,4,5)(H,6,7). The number of hydrogen-bond acceptors (Lipinski definition) is 4. The molecule has 0 heterocycles. The Balaban J connectivity index is 0. The number of carboxylic acid groups (broad SMARTS) is 2. The van der Waals surface area contributed by atoms with Crippen LogP contribution < -0.4 is 0 Å². The summed E-state index contributed by atoms with van der Waals surface area (Å²) in [6.45, 7) is 5.32. The Hall–Kier alpha value is -1.44. The minimum absolute atomic E-state index is 0.0688. The Morgan fingerprint density at radius 2 is 1.40 bits per heavy atom. The summed E-state index contributed by atoms with van der Waals surface area (Å²) in [5, 5.41) is 15.8. The zero-order valence-corrected chi connectivity index (χ0v) is 13.2. The minimum Gasteiger partial charge on any atom is -0.481 e. The summed E-state index contributed by atoms with van der Waals surface area (Å²) in [6, 6.07) is 0. The fraction of sp³-hybridized carbons (Fsp3) is 0.667. The van der Waals surface area contributed by atoms with Gasteiger partial charge in [0, 0.05) is 25.9 Å². The van der Waals surface area contributed by atoms with Crippen LogP contribution >= 0.6 is 15.9 Å². The number of amides is 1. The van der Waals surface area contributed by atoms with Gasteiger partial charge in [-0.25, -0.2) is 0 Å². The molecule has 20 heavy (non-hydrogen) atoms. The van der Waals surface area contributed by atoms with E-state index in [9.17, 15) is 19.2 Å². The van der Waals surface area contributed by atoms with Gasteiger partial charge in [0.15, 0.2) is 0 Å². The van der Waals surface area contributed by atoms with E-state index >= 15 is 0 Å². The quantitative estimate of drug-likeness (QED) is 0.499. The van der Waals surface area contributed by atoms with Gasteiger partial charge < -0.3 is 15.1 Å². The highest BCUT2D eigenvalue weighted by atomic mass is 79.9. The Kier molecular flexibility index (Phi) is 13.1. The van der Waals surface area contributed by atoms with Gasteiger partial charge in [0.2, 0.25) is 5.91 Å². The zero-order valence-electron chi connectivity index (χ0n) is 11.6. The van der Waals surface area contributed by atoms with Crippen LogP contribution in [0.4, 0.5) is 0 Å². The Bertz CT molecular complexity index is 329. The molecule has 0 aliphatic heterocycles. The summed E-state index contributed by atoms with van der Waals surface area (Å²) < 4.78 is 0. The summed E-state index contributed by atoms with van der Waals surface area (Å²) in [7, 11) is 0. The molecule has 0 rings (SSSR count). The first-order valence-electron chi connectivity index (χ1n) is 6.07. The molecule has 0 saturated carbocycles. The van der Waals surface area contributed by atoms with Crippen molar-refractivity contribution in [2.45, 2.75) is 33.1 Å². The van der Waals surface area contributed by atoms with Crippen molar-refractivity contribution in [3.63, 3.8) is 0 Å². The van der Waals surface area contributed by atoms with E-state index in [0.29, 0.717) is 18.2 Å². The number of alkyl halides is 1. The maximum Gasteiger partial charge on any atom is 0.314 e. The van der Waals surface area contributed by atoms with Crippen molar-refractivity contribution in [2.75, 3.05) is 18.4 Å². The maximum atomic E-state index is 11.4. The molecule has 0 saturated heterocycles. The minimum atomic E-state index is -1.31. The molecular weight excluding hydrogens is 334 g/mol. The first-order chi connectivity index (χ1) is 9.28. The summed E-state index contributed by atoms with van der Waals surface area (Å²) in [6.07, 6.45) is -0.118. The fourth-order valence-electron chi connectivity index (χ4n) is 1.18. The zero-order chi connectivity index (χ0) is 16.1. The van der Waals surface area contributed by atoms with Crippen LogP contribution in [0.5, 0.6) is 0 Å². The first kappa shape index (κ1) is 20.9. The molecule has 7 nitrogen and oxygen atoms in total. The van der Waals surface area contributed by atoms with Gasteiger partial charge >= 0.3 is 11.9 Å². The molecule has 0 atom stereocenters. The molecule has 0 aromatic carbocycles. The van der Waals surface area contributed by atoms with Crippen molar-refractivity contribution in [3.8, 4) is 0 Å². The second-order valence-electron chi connectivity index (χ2n) is 3.70. The van der Waals surface area contributed by atoms with Crippen LogP contribution in [0.25, 0.3) is 0 Å². The third-order valence-corrected chi connectivity index (χ3v) is 2.81. The van der Waals surface area contributed by atoms with Gasteiger partial charge in [-0.1, -0.05) is 15.9 Å². The van der Waals surface area contributed by atoms with Crippen LogP contribution in [0.1, 0.15) is 33.1 Å². The smallest absolute Gasteiger partial charge is 0.314 e. The lowest BCUT2D eigenvalue weighted by atomic mass is 10.2. The largest absolute Gasteiger partial charge is 0.481 e. The molecule has 0 fully saturated rings. The number of Topliss-reactive ketones (excluding diaryl/α,β-unsaturated/α-hetero) is 1. The SMILES string of the molecule is CCN(CC)C(=O)CCC(=O)CBr.O=C(O)CC(=O)O. The molecule has 0 unspecified atom stereocenters. The van der Waals surface area contributed by atoms with E-state index in [1.165, 1.54) is 0 Å². The van der Waals surface area contributed by atoms with Gasteiger partial charge in [-0.15, -0.1) is 0 Å². The number of carbonyl (C=O) groups excluding carboxylic acids is 2. The van der Waals surface area contributed by atoms with Gasteiger partial charge in [-0.3, -0.25) is 19.2 Å². The molecule has 0 spiro atoms. The lowest BCUT2D eigenvalue weighted by Gasteiger charge is -2.17. The summed E-state index contributed by atoms with van der Waals surface area (Å²) in [5.41, 5.74) is 0. The van der Waals surface area contributed by atoms with Crippen molar-refractivity contribution < 1.29 is 29.4 Å². The van der Waals surface area contributed by atoms with Crippen LogP contribution in [0.2, 0.25) is 0 Å². The molecule has 0 aliphatic rings. The van der Waals surface area contributed by atoms with Gasteiger partial charge in [-0.2, -0.15) is 0 Å². The van der Waals surface area contributed by atoms with E-state index < -0.39 is 18.4 Å². The monoisotopic (exact) mass is 353 g/mol. The second-order valence-corrected chi connectivity index (χ2v) is 4.26. The number of nitrogens with zero attached hydrogens (tertiary/aromatic N) is 1. The maximum absolute atomic E-state index is 11.4. The fourth-order valence-corrected chi connectivity index (χ4v) is 1.46. The van der Waals surface area contributed by atoms with Crippen molar-refractivity contribution in [1.82, 2.24) is 4.90 Å². The Morgan fingerprint density at radius 1 is 0.950 bits per heavy atom. The summed E-state index contributed by atoms with van der Waals surface area (Å²) in [4.78, 5) is 42.9. The number of halogens is 1. The van der Waals surface area contributed by atoms with Gasteiger partial charge in [0.1, 0.15) is 12.2 Å². The van der Waals surface area contributed by atoms with E-state index in [1.54, 1.807) is 4.90 Å². The van der Waals surface area contributed by atoms with Crippen LogP contribution in [0.3, 0.4) is 0 Å². The lowest BCUT2D eigenvalue weighted by Crippen LogP contribution is -2.30. The van der Waals surface area contributed by atoms with E-state index in [1.807, 2.05) is 13.8 Å². The van der Waals surface area contributed by atoms with Crippen molar-refractivity contribution >= 4 is 39.6 Å². The van der Waals surface area contributed by atoms with E-state index in [2.05, 4.69) is 15.9 Å². The van der Waals surface area contributed by atoms with Gasteiger partial charge in [-0.05, 0) is 13.8 Å². The molecule has 0 radical (unpaired) electrons. The van der Waals surface area contributed by atoms with Crippen molar-refractivity contribution in [1.29, 1.82) is 0 Å². The van der Waals surface area contributed by atoms with E-state index in [0.717, 1.165) is 13.1 Å². The third kappa shape index (κ3) is 13.0. The molecule has 0 aromatic heterocycles. The molecule has 116 valence electrons. The molecule has 8 heteroatoms. The average molecular weight is 354 g/mol. The number of ketones is 1. The molecule has 0 bridgehead atoms. The predicted octanol–water partition coefficient (Wildman–Crippen LogP) is 1.14. The average Bonchev–Trinajstić information content (AvgIpc) is 2.36. The number of hydrogen-bond donors (Lipinski definition) is 2. The molecular formula is C12H20BrNO6. The topological polar surface area (TPSA) is 112 Å². The predicted molar refractivity (Wildman–Crippen MR) is 75.9 cm³/mol. The van der Waals surface area contributed by atoms with Gasteiger partial charge in [0.05, 0.1) is 5.33 Å². The van der Waals surface area contributed by atoms with Crippen molar-refractivity contribution in [2.24, 2.45) is 0 Å². The molecule has 0 aromatic rings. The second kappa shape index (κ2) is 12.6. The number of aliphatic carboxylic acids is 2. The van der Waals surface area contributed by atoms with Crippen LogP contribution in [-0.2, 0) is 19.2 Å². The van der Waals surface area contributed by atoms with E-state index in [-0.39, 0.29) is 11.7 Å². The highest BCUT2D eigenvalue weighted by Gasteiger charge is 2.10. The summed E-state index contributed by atoms with van der Waals surface area (Å²) in [5.74, 6) is -2.47. The van der Waals surface area contributed by atoms with Crippen LogP contribution in [0.15, 0.2) is 0 Å². The summed E-state index contributed by atoms with van der Waals surface area (Å²) >= 11 is 3.06. The lowest BCUT2D eigenvalue weighted by molar-refractivity contribution is -0.147. The van der Waals surface area contributed by atoms with Crippen molar-refractivity contribution in [3.05, 3.63) is 0 Å². The molecule has 0 aliphatic carbocycles. The highest BCUT2D eigenvalue weighted by molar-refractivity contribution is 9.09. The molecule has 2 N–H and O–H groups in total. The Morgan fingerprint density at radius 3 is 1.65 bits per heavy atom. The number of rotatable bonds is 8. The number of carbonyl (C=O) groups is 4. The first-order valence-corrected chi connectivity index (χ1v) is 7.19. The van der Waals surface area contributed by atoms with Crippen LogP contribution in [-0.4, -0.2) is 57.2 Å². The van der Waals surface area contributed by atoms with Crippen LogP contribution in [0, 0.1) is 0 Å². The third-order valence-electron chi connectivity index (χ3n) is 2.19. The highest BCUT2D eigenvalue weighted by Crippen LogP contribution is 2.00.